The van der Waals surface area contributed by atoms with Crippen LogP contribution in [0.3, 0.4) is 0 Å². The minimum Gasteiger partial charge on any atom is -0.343 e. The van der Waals surface area contributed by atoms with Crippen LogP contribution in [-0.4, -0.2) is 38.0 Å². The first kappa shape index (κ1) is 24.0. The number of nitro groups is 1. The molecule has 1 saturated heterocycles. The van der Waals surface area contributed by atoms with Gasteiger partial charge in [0.2, 0.25) is 5.91 Å². The van der Waals surface area contributed by atoms with Gasteiger partial charge in [0.1, 0.15) is 6.54 Å². The van der Waals surface area contributed by atoms with Gasteiger partial charge in [-0.1, -0.05) is 24.3 Å². The third-order valence-corrected chi connectivity index (χ3v) is 6.55. The summed E-state index contributed by atoms with van der Waals surface area (Å²) in [5.41, 5.74) is 3.81. The summed E-state index contributed by atoms with van der Waals surface area (Å²) in [6.07, 6.45) is 3.30. The highest BCUT2D eigenvalue weighted by atomic mass is 32.2. The molecule has 10 heteroatoms. The van der Waals surface area contributed by atoms with Gasteiger partial charge in [-0.25, -0.2) is 0 Å². The number of hydrogen-bond acceptors (Lipinski definition) is 6. The van der Waals surface area contributed by atoms with Crippen molar-refractivity contribution < 1.29 is 19.3 Å². The molecule has 3 amide bonds. The lowest BCUT2D eigenvalue weighted by molar-refractivity contribution is -0.385. The monoisotopic (exact) mass is 490 g/mol. The zero-order valence-corrected chi connectivity index (χ0v) is 19.9. The first-order valence-electron chi connectivity index (χ1n) is 10.7. The van der Waals surface area contributed by atoms with Crippen molar-refractivity contribution in [2.24, 2.45) is 0 Å². The number of thioether (sulfide) groups is 1. The molecule has 1 aromatic heterocycles. The van der Waals surface area contributed by atoms with Crippen LogP contribution in [0.15, 0.2) is 65.7 Å². The van der Waals surface area contributed by atoms with E-state index in [4.69, 9.17) is 0 Å². The number of carbonyl (C=O) groups excluding carboxylic acids is 3. The van der Waals surface area contributed by atoms with Gasteiger partial charge in [0.25, 0.3) is 16.8 Å². The molecular formula is C25H22N4O5S. The normalized spacial score (nSPS) is 14.6. The van der Waals surface area contributed by atoms with Crippen molar-refractivity contribution in [3.05, 3.63) is 98.2 Å². The van der Waals surface area contributed by atoms with Crippen molar-refractivity contribution in [2.45, 2.75) is 20.4 Å². The summed E-state index contributed by atoms with van der Waals surface area (Å²) >= 11 is 0.753. The van der Waals surface area contributed by atoms with E-state index in [0.717, 1.165) is 27.8 Å². The standard InChI is InChI=1S/C25H22N4O5S/c1-16-9-10-19(12-17(16)2)26-23(30)15-28-24(31)22(35-25(28)32)13-20-7-5-11-27(20)14-18-6-3-4-8-21(18)29(33)34/h3-13H,14-15H2,1-2H3,(H,26,30)/b22-13+. The third-order valence-electron chi connectivity index (χ3n) is 5.64. The second-order valence-electron chi connectivity index (χ2n) is 8.06. The maximum atomic E-state index is 12.9. The first-order chi connectivity index (χ1) is 16.7. The Balaban J connectivity index is 1.48. The maximum Gasteiger partial charge on any atom is 0.294 e. The molecule has 2 aromatic carbocycles. The highest BCUT2D eigenvalue weighted by Gasteiger charge is 2.36. The molecule has 35 heavy (non-hydrogen) atoms. The number of rotatable bonds is 7. The molecule has 2 heterocycles. The summed E-state index contributed by atoms with van der Waals surface area (Å²) in [5.74, 6) is -1.04. The fourth-order valence-electron chi connectivity index (χ4n) is 3.64. The van der Waals surface area contributed by atoms with Gasteiger partial charge in [0.15, 0.2) is 0 Å². The predicted octanol–water partition coefficient (Wildman–Crippen LogP) is 4.74. The molecule has 0 aliphatic carbocycles. The van der Waals surface area contributed by atoms with Crippen LogP contribution >= 0.6 is 11.8 Å². The molecule has 0 spiro atoms. The summed E-state index contributed by atoms with van der Waals surface area (Å²) in [5, 5.41) is 13.5. The summed E-state index contributed by atoms with van der Waals surface area (Å²) in [7, 11) is 0. The van der Waals surface area contributed by atoms with Gasteiger partial charge in [0.05, 0.1) is 16.4 Å². The van der Waals surface area contributed by atoms with E-state index in [1.54, 1.807) is 53.2 Å². The van der Waals surface area contributed by atoms with Gasteiger partial charge in [-0.3, -0.25) is 29.4 Å². The van der Waals surface area contributed by atoms with Crippen molar-refractivity contribution in [2.75, 3.05) is 11.9 Å². The average molecular weight is 491 g/mol. The Hall–Kier alpha value is -4.18. The number of benzene rings is 2. The Morgan fingerprint density at radius 3 is 2.60 bits per heavy atom. The van der Waals surface area contributed by atoms with Crippen LogP contribution in [0.5, 0.6) is 0 Å². The lowest BCUT2D eigenvalue weighted by atomic mass is 10.1. The molecule has 0 atom stereocenters. The van der Waals surface area contributed by atoms with Crippen LogP contribution in [0, 0.1) is 24.0 Å². The second-order valence-corrected chi connectivity index (χ2v) is 9.06. The Morgan fingerprint density at radius 2 is 1.86 bits per heavy atom. The van der Waals surface area contributed by atoms with E-state index in [1.807, 2.05) is 26.0 Å². The number of nitro benzene ring substituents is 1. The van der Waals surface area contributed by atoms with Gasteiger partial charge in [-0.05, 0) is 67.1 Å². The molecule has 0 radical (unpaired) electrons. The highest BCUT2D eigenvalue weighted by Crippen LogP contribution is 2.32. The second kappa shape index (κ2) is 9.98. The zero-order chi connectivity index (χ0) is 25.1. The van der Waals surface area contributed by atoms with Gasteiger partial charge < -0.3 is 9.88 Å². The first-order valence-corrected chi connectivity index (χ1v) is 11.5. The van der Waals surface area contributed by atoms with Crippen LogP contribution in [0.25, 0.3) is 6.08 Å². The van der Waals surface area contributed by atoms with E-state index >= 15 is 0 Å². The molecule has 4 rings (SSSR count). The van der Waals surface area contributed by atoms with Crippen molar-refractivity contribution in [3.63, 3.8) is 0 Å². The van der Waals surface area contributed by atoms with E-state index in [9.17, 15) is 24.5 Å². The number of hydrogen-bond donors (Lipinski definition) is 1. The maximum absolute atomic E-state index is 12.9. The molecule has 1 aliphatic heterocycles. The molecule has 0 unspecified atom stereocenters. The van der Waals surface area contributed by atoms with Crippen LogP contribution in [0.2, 0.25) is 0 Å². The summed E-state index contributed by atoms with van der Waals surface area (Å²) in [6, 6.07) is 15.4. The van der Waals surface area contributed by atoms with Crippen LogP contribution in [-0.2, 0) is 16.1 Å². The van der Waals surface area contributed by atoms with Gasteiger partial charge >= 0.3 is 0 Å². The number of aryl methyl sites for hydroxylation is 2. The molecule has 178 valence electrons. The van der Waals surface area contributed by atoms with Gasteiger partial charge in [0, 0.05) is 29.2 Å². The predicted molar refractivity (Wildman–Crippen MR) is 134 cm³/mol. The van der Waals surface area contributed by atoms with Crippen LogP contribution in [0.4, 0.5) is 16.2 Å². The fraction of sp³-hybridized carbons (Fsp3) is 0.160. The molecule has 9 nitrogen and oxygen atoms in total. The molecule has 1 N–H and O–H groups in total. The van der Waals surface area contributed by atoms with E-state index < -0.39 is 28.5 Å². The minimum absolute atomic E-state index is 0.00209. The number of imide groups is 1. The van der Waals surface area contributed by atoms with Crippen LogP contribution in [0.1, 0.15) is 22.4 Å². The number of nitrogens with zero attached hydrogens (tertiary/aromatic N) is 3. The molecular weight excluding hydrogens is 468 g/mol. The third kappa shape index (κ3) is 5.33. The smallest absolute Gasteiger partial charge is 0.294 e. The Kier molecular flexibility index (Phi) is 6.83. The van der Waals surface area contributed by atoms with Crippen molar-refractivity contribution in [1.29, 1.82) is 0 Å². The van der Waals surface area contributed by atoms with E-state index in [0.29, 0.717) is 16.9 Å². The van der Waals surface area contributed by atoms with Crippen molar-refractivity contribution in [1.82, 2.24) is 9.47 Å². The summed E-state index contributed by atoms with van der Waals surface area (Å²) < 4.78 is 1.75. The Morgan fingerprint density at radius 1 is 1.09 bits per heavy atom. The zero-order valence-electron chi connectivity index (χ0n) is 19.1. The summed E-state index contributed by atoms with van der Waals surface area (Å²) in [4.78, 5) is 49.8. The lowest BCUT2D eigenvalue weighted by Crippen LogP contribution is -2.36. The number of aromatic nitrogens is 1. The Bertz CT molecular complexity index is 1380. The minimum atomic E-state index is -0.561. The fourth-order valence-corrected chi connectivity index (χ4v) is 4.47. The molecule has 0 saturated carbocycles. The van der Waals surface area contributed by atoms with E-state index in [2.05, 4.69) is 5.32 Å². The SMILES string of the molecule is Cc1ccc(NC(=O)CN2C(=O)S/C(=C/c3cccn3Cc3ccccc3[N+](=O)[O-])C2=O)cc1C. The molecule has 1 fully saturated rings. The number of anilines is 1. The highest BCUT2D eigenvalue weighted by molar-refractivity contribution is 8.18. The molecule has 3 aromatic rings. The van der Waals surface area contributed by atoms with E-state index in [1.165, 1.54) is 6.07 Å². The number of para-hydroxylation sites is 1. The number of amides is 3. The van der Waals surface area contributed by atoms with Crippen molar-refractivity contribution >= 4 is 46.3 Å². The van der Waals surface area contributed by atoms with Crippen molar-refractivity contribution in [3.8, 4) is 0 Å². The topological polar surface area (TPSA) is 115 Å². The van der Waals surface area contributed by atoms with E-state index in [-0.39, 0.29) is 17.1 Å². The molecule has 1 aliphatic rings. The number of carbonyl (C=O) groups is 3. The largest absolute Gasteiger partial charge is 0.343 e. The Labute approximate surface area is 205 Å². The van der Waals surface area contributed by atoms with Gasteiger partial charge in [-0.2, -0.15) is 0 Å². The molecule has 0 bridgehead atoms. The lowest BCUT2D eigenvalue weighted by Gasteiger charge is -2.13. The quantitative estimate of drug-likeness (QED) is 0.291. The van der Waals surface area contributed by atoms with Crippen LogP contribution < -0.4 is 5.32 Å². The number of nitrogens with one attached hydrogen (secondary N) is 1. The van der Waals surface area contributed by atoms with Gasteiger partial charge in [-0.15, -0.1) is 0 Å². The summed E-state index contributed by atoms with van der Waals surface area (Å²) in [6.45, 7) is 3.72. The average Bonchev–Trinajstić information content (AvgIpc) is 3.35.